The van der Waals surface area contributed by atoms with Gasteiger partial charge in [-0.05, 0) is 221 Å². The second-order valence-electron chi connectivity index (χ2n) is 41.7. The van der Waals surface area contributed by atoms with Crippen LogP contribution in [0.25, 0.3) is 88.6 Å². The van der Waals surface area contributed by atoms with Crippen molar-refractivity contribution in [1.82, 2.24) is 19.9 Å². The van der Waals surface area contributed by atoms with E-state index >= 15 is 0 Å². The summed E-state index contributed by atoms with van der Waals surface area (Å²) in [5.41, 5.74) is 31.5. The summed E-state index contributed by atoms with van der Waals surface area (Å²) in [5, 5.41) is 42.5. The Kier molecular flexibility index (Phi) is 58.1. The Labute approximate surface area is 919 Å². The van der Waals surface area contributed by atoms with E-state index in [9.17, 15) is 34.5 Å². The second kappa shape index (κ2) is 64.8. The standard InChI is InChI=1S/C25H30N.C21H22N.2C19H18N.C15H24O2.C13H24O2.C11H20O2.C5H8O2.4Ir/c1-16(2)9-20-14-21(10-17(3)4)23-7-8-24(26-25(23)15-20)22-12-18(5)11-19(6)13-22;1-14(2)10-17-6-5-7-21-19(17)8-9-20(22-21)18-12-15(3)11-16(4)13-18;2*1-12-7-13(2)10-16(9-12)18-6-5-17-15(4)8-14(3)11-19(17)20-18;16-14(12-7-3-1-4-8-12)11-15(17)13-9-5-2-6-10-13;1-5-8-10(4)12(14)9-13(15)11(6-2)7-3;1-8(2)5-10(12)7-11(13)6-9(3)4;1-4(6)3-5(2)7;;;;/h7-8,11-12,14-17H,9-10H2,1-6H3;5-9,11-12,14H,10H2,1-4H3;2*5-9,11H,1-4H3;11-13,16H,1-10H2;9-11,15H,5-8H2,1-4H3;7-9,12H,5-6H2,1-4H3;3,6H,1-2H3;;;;/q4*-1;;;;;;;;. The number of aromatic nitrogens is 4. The van der Waals surface area contributed by atoms with E-state index in [-0.39, 0.29) is 145 Å². The third-order valence-electron chi connectivity index (χ3n) is 24.9. The van der Waals surface area contributed by atoms with E-state index in [4.69, 9.17) is 25.0 Å². The van der Waals surface area contributed by atoms with E-state index in [0.29, 0.717) is 48.2 Å². The molecule has 2 aliphatic carbocycles. The molecule has 784 valence electrons. The number of aliphatic hydroxyl groups is 4. The van der Waals surface area contributed by atoms with Crippen LogP contribution in [-0.2, 0) is 119 Å². The molecule has 1 atom stereocenters. The second-order valence-corrected chi connectivity index (χ2v) is 41.7. The molecule has 4 N–H and O–H groups in total. The normalized spacial score (nSPS) is 13.0. The van der Waals surface area contributed by atoms with Crippen molar-refractivity contribution in [3.63, 3.8) is 0 Å². The van der Waals surface area contributed by atoms with Gasteiger partial charge in [-0.25, -0.2) is 0 Å². The Hall–Kier alpha value is -9.16. The van der Waals surface area contributed by atoms with Crippen molar-refractivity contribution >= 4 is 66.7 Å². The van der Waals surface area contributed by atoms with E-state index in [1.54, 1.807) is 6.08 Å². The van der Waals surface area contributed by atoms with Gasteiger partial charge in [-0.3, -0.25) is 39.1 Å². The largest absolute Gasteiger partial charge is 0.512 e. The number of hydrogen-bond donors (Lipinski definition) is 4. The van der Waals surface area contributed by atoms with Gasteiger partial charge < -0.3 is 20.4 Å². The fraction of sp³-hybridized carbons (Fsp3) is 0.438. The first-order valence-electron chi connectivity index (χ1n) is 51.6. The smallest absolute Gasteiger partial charge is 0.162 e. The topological polar surface area (TPSA) is 201 Å². The minimum atomic E-state index is -0.125. The van der Waals surface area contributed by atoms with Crippen LogP contribution in [0.5, 0.6) is 0 Å². The SMILES string of the molecule is CC(=O)C=C(C)O.CC(C)CC(=O)C=C(O)CC(C)C.CCCC(C)C(=O)C=C(O)C(CC)CC.Cc1[c-]c(-c2ccc3c(C)cc(C)cc3n2)cc(C)c1.Cc1[c-]c(-c2ccc3c(C)cc(C)cc3n2)cc(C)c1.Cc1[c-]c(-c2ccc3c(CC(C)C)cc(CC(C)C)cc3n2)cc(C)c1.Cc1[c-]c(-c2ccc3c(CC(C)C)cccc3n2)cc(C)c1.O=C(C=C(O)C1CCCCC1)C1CCCCC1.[Ir].[Ir].[Ir].[Ir]. The summed E-state index contributed by atoms with van der Waals surface area (Å²) in [4.78, 5) is 64.4. The van der Waals surface area contributed by atoms with Crippen LogP contribution >= 0.6 is 0 Å². The van der Waals surface area contributed by atoms with Crippen LogP contribution in [0.15, 0.2) is 199 Å². The van der Waals surface area contributed by atoms with Gasteiger partial charge in [-0.2, -0.15) is 0 Å². The predicted octanol–water partition coefficient (Wildman–Crippen LogP) is 34.2. The van der Waals surface area contributed by atoms with Crippen molar-refractivity contribution in [2.45, 2.75) is 316 Å². The monoisotopic (exact) mass is 2660 g/mol. The van der Waals surface area contributed by atoms with Crippen LogP contribution in [0.1, 0.15) is 297 Å². The third-order valence-corrected chi connectivity index (χ3v) is 24.9. The Morgan fingerprint density at radius 1 is 0.375 bits per heavy atom. The van der Waals surface area contributed by atoms with Gasteiger partial charge in [0, 0.05) is 163 Å². The van der Waals surface area contributed by atoms with Gasteiger partial charge in [0.05, 0.1) is 45.1 Å². The maximum Gasteiger partial charge on any atom is 0.162 e. The Morgan fingerprint density at radius 2 is 0.743 bits per heavy atom. The molecule has 0 bridgehead atoms. The summed E-state index contributed by atoms with van der Waals surface area (Å²) < 4.78 is 0. The van der Waals surface area contributed by atoms with Gasteiger partial charge >= 0.3 is 0 Å². The number of benzene rings is 8. The molecule has 12 nitrogen and oxygen atoms in total. The summed E-state index contributed by atoms with van der Waals surface area (Å²) in [6.07, 6.45) is 25.0. The number of hydrogen-bond acceptors (Lipinski definition) is 12. The molecule has 4 radical (unpaired) electrons. The molecule has 2 fully saturated rings. The summed E-state index contributed by atoms with van der Waals surface area (Å²) in [6.45, 7) is 57.8. The third kappa shape index (κ3) is 44.5. The van der Waals surface area contributed by atoms with E-state index in [0.717, 1.165) is 160 Å². The quantitative estimate of drug-likeness (QED) is 0.0227. The Morgan fingerprint density at radius 3 is 1.10 bits per heavy atom. The van der Waals surface area contributed by atoms with Crippen LogP contribution < -0.4 is 0 Å². The first-order chi connectivity index (χ1) is 66.3. The number of ketones is 4. The van der Waals surface area contributed by atoms with Crippen molar-refractivity contribution in [2.75, 3.05) is 0 Å². The first kappa shape index (κ1) is 129. The number of aliphatic hydroxyl groups excluding tert-OH is 4. The molecule has 12 aromatic rings. The van der Waals surface area contributed by atoms with Crippen molar-refractivity contribution in [2.24, 2.45) is 53.3 Å². The summed E-state index contributed by atoms with van der Waals surface area (Å²) in [5.74, 6) is 4.33. The van der Waals surface area contributed by atoms with Gasteiger partial charge in [0.15, 0.2) is 23.1 Å². The number of allylic oxidation sites excluding steroid dienone is 8. The first-order valence-corrected chi connectivity index (χ1v) is 51.6. The average Bonchev–Trinajstić information content (AvgIpc) is 0.804. The van der Waals surface area contributed by atoms with Crippen LogP contribution in [0.2, 0.25) is 0 Å². The summed E-state index contributed by atoms with van der Waals surface area (Å²) >= 11 is 0. The maximum absolute atomic E-state index is 12.0. The molecule has 16 heteroatoms. The van der Waals surface area contributed by atoms with Crippen LogP contribution in [0, 0.1) is 161 Å². The molecular weight excluding hydrogens is 2490 g/mol. The zero-order valence-corrected chi connectivity index (χ0v) is 101. The number of rotatable bonds is 26. The molecule has 4 heterocycles. The van der Waals surface area contributed by atoms with Crippen molar-refractivity contribution in [3.8, 4) is 45.0 Å². The fourth-order valence-electron chi connectivity index (χ4n) is 18.6. The van der Waals surface area contributed by atoms with Crippen molar-refractivity contribution in [1.29, 1.82) is 0 Å². The van der Waals surface area contributed by atoms with E-state index in [1.165, 1.54) is 153 Å². The molecule has 0 saturated heterocycles. The summed E-state index contributed by atoms with van der Waals surface area (Å²) in [7, 11) is 0. The van der Waals surface area contributed by atoms with Gasteiger partial charge in [0.25, 0.3) is 0 Å². The molecule has 8 aromatic carbocycles. The number of pyridine rings is 4. The van der Waals surface area contributed by atoms with Crippen LogP contribution in [0.4, 0.5) is 0 Å². The minimum Gasteiger partial charge on any atom is -0.512 e. The average molecular weight is 2660 g/mol. The maximum atomic E-state index is 12.0. The van der Waals surface area contributed by atoms with E-state index < -0.39 is 0 Å². The number of fused-ring (bicyclic) bond motifs is 4. The molecule has 2 saturated carbocycles. The number of nitrogens with zero attached hydrogens (tertiary/aromatic N) is 4. The minimum absolute atomic E-state index is 0. The Bertz CT molecular complexity index is 6030. The molecule has 14 rings (SSSR count). The zero-order valence-electron chi connectivity index (χ0n) is 91.4. The van der Waals surface area contributed by atoms with Crippen LogP contribution in [-0.4, -0.2) is 63.5 Å². The number of carbonyl (C=O) groups is 4. The molecular formula is C128H164Ir4N4O8-4. The number of carbonyl (C=O) groups excluding carboxylic acids is 4. The molecule has 0 spiro atoms. The van der Waals surface area contributed by atoms with Gasteiger partial charge in [-0.1, -0.05) is 276 Å². The fourth-order valence-corrected chi connectivity index (χ4v) is 18.6. The molecule has 144 heavy (non-hydrogen) atoms. The molecule has 1 unspecified atom stereocenters. The van der Waals surface area contributed by atoms with E-state index in [2.05, 4.69) is 307 Å². The van der Waals surface area contributed by atoms with Crippen LogP contribution in [0.3, 0.4) is 0 Å². The molecule has 0 amide bonds. The van der Waals surface area contributed by atoms with Gasteiger partial charge in [0.2, 0.25) is 0 Å². The summed E-state index contributed by atoms with van der Waals surface area (Å²) in [6, 6.07) is 67.9. The molecule has 4 aromatic heterocycles. The van der Waals surface area contributed by atoms with Crippen molar-refractivity contribution in [3.05, 3.63) is 307 Å². The van der Waals surface area contributed by atoms with Gasteiger partial charge in [0.1, 0.15) is 0 Å². The molecule has 0 aliphatic heterocycles. The van der Waals surface area contributed by atoms with Gasteiger partial charge in [-0.15, -0.1) is 140 Å². The predicted molar refractivity (Wildman–Crippen MR) is 591 cm³/mol. The zero-order chi connectivity index (χ0) is 103. The number of aryl methyl sites for hydroxylation is 12. The van der Waals surface area contributed by atoms with Crippen molar-refractivity contribution < 1.29 is 120 Å². The van der Waals surface area contributed by atoms with E-state index in [1.807, 2.05) is 48.5 Å². The molecule has 2 aliphatic rings. The Balaban J connectivity index is 0.000000429.